The van der Waals surface area contributed by atoms with Gasteiger partial charge in [0.25, 0.3) is 0 Å². The van der Waals surface area contributed by atoms with Gasteiger partial charge in [0.05, 0.1) is 12.1 Å². The van der Waals surface area contributed by atoms with E-state index in [2.05, 4.69) is 4.98 Å². The van der Waals surface area contributed by atoms with Gasteiger partial charge in [0.2, 0.25) is 0 Å². The Morgan fingerprint density at radius 1 is 1.67 bits per heavy atom. The van der Waals surface area contributed by atoms with Crippen LogP contribution in [0.2, 0.25) is 5.15 Å². The summed E-state index contributed by atoms with van der Waals surface area (Å²) in [7, 11) is 0. The van der Waals surface area contributed by atoms with E-state index in [1.807, 2.05) is 0 Å². The van der Waals surface area contributed by atoms with E-state index in [-0.39, 0.29) is 0 Å². The van der Waals surface area contributed by atoms with Crippen molar-refractivity contribution in [2.24, 2.45) is 5.73 Å². The molecule has 1 rings (SSSR count). The second-order valence-corrected chi connectivity index (χ2v) is 3.07. The van der Waals surface area contributed by atoms with Gasteiger partial charge in [0.1, 0.15) is 5.15 Å². The van der Waals surface area contributed by atoms with Gasteiger partial charge in [0.15, 0.2) is 0 Å². The molecule has 0 saturated carbocycles. The molecule has 0 spiro atoms. The second-order valence-electron chi connectivity index (χ2n) is 2.68. The van der Waals surface area contributed by atoms with Crippen LogP contribution in [0.4, 0.5) is 0 Å². The zero-order valence-electron chi connectivity index (χ0n) is 6.74. The first-order valence-electron chi connectivity index (χ1n) is 3.66. The van der Waals surface area contributed by atoms with Gasteiger partial charge in [-0.1, -0.05) is 11.6 Å². The van der Waals surface area contributed by atoms with Crippen LogP contribution in [0.1, 0.15) is 18.5 Å². The van der Waals surface area contributed by atoms with Crippen molar-refractivity contribution in [3.63, 3.8) is 0 Å². The van der Waals surface area contributed by atoms with Crippen molar-refractivity contribution in [1.29, 1.82) is 0 Å². The Kier molecular flexibility index (Phi) is 3.03. The lowest BCUT2D eigenvalue weighted by molar-refractivity contribution is 0.164. The smallest absolute Gasteiger partial charge is 0.129 e. The first-order chi connectivity index (χ1) is 5.61. The maximum atomic E-state index is 9.18. The third-order valence-electron chi connectivity index (χ3n) is 1.66. The Morgan fingerprint density at radius 3 is 2.83 bits per heavy atom. The van der Waals surface area contributed by atoms with Crippen LogP contribution in [0.25, 0.3) is 0 Å². The summed E-state index contributed by atoms with van der Waals surface area (Å²) >= 11 is 5.65. The Bertz CT molecular complexity index is 265. The number of hydrogen-bond acceptors (Lipinski definition) is 3. The summed E-state index contributed by atoms with van der Waals surface area (Å²) in [6, 6.07) is 2.99. The molecule has 1 aromatic rings. The number of nitrogens with two attached hydrogens (primary N) is 1. The van der Waals surface area contributed by atoms with E-state index in [9.17, 15) is 5.11 Å². The zero-order chi connectivity index (χ0) is 9.14. The van der Waals surface area contributed by atoms with Gasteiger partial charge < -0.3 is 10.8 Å². The largest absolute Gasteiger partial charge is 0.391 e. The van der Waals surface area contributed by atoms with E-state index >= 15 is 0 Å². The van der Waals surface area contributed by atoms with E-state index in [0.29, 0.717) is 5.15 Å². The molecule has 3 nitrogen and oxygen atoms in total. The monoisotopic (exact) mass is 186 g/mol. The molecule has 1 heterocycles. The fourth-order valence-corrected chi connectivity index (χ4v) is 1.09. The van der Waals surface area contributed by atoms with Crippen molar-refractivity contribution in [2.75, 3.05) is 0 Å². The van der Waals surface area contributed by atoms with E-state index < -0.39 is 12.1 Å². The van der Waals surface area contributed by atoms with E-state index in [1.165, 1.54) is 0 Å². The summed E-state index contributed by atoms with van der Waals surface area (Å²) in [5, 5.41) is 9.57. The zero-order valence-corrected chi connectivity index (χ0v) is 7.49. The normalized spacial score (nSPS) is 15.7. The highest BCUT2D eigenvalue weighted by atomic mass is 35.5. The topological polar surface area (TPSA) is 59.1 Å². The molecule has 1 aromatic heterocycles. The van der Waals surface area contributed by atoms with E-state index in [4.69, 9.17) is 17.3 Å². The number of aliphatic hydroxyl groups is 1. The van der Waals surface area contributed by atoms with Crippen LogP contribution in [-0.2, 0) is 0 Å². The lowest BCUT2D eigenvalue weighted by Gasteiger charge is -2.14. The minimum Gasteiger partial charge on any atom is -0.391 e. The predicted molar refractivity (Wildman–Crippen MR) is 47.9 cm³/mol. The Labute approximate surface area is 76.2 Å². The molecule has 0 unspecified atom stereocenters. The standard InChI is InChI=1S/C8H11ClN2O/c1-5(12)8(10)6-2-3-11-7(9)4-6/h2-5,8,12H,10H2,1H3/t5-,8-/m1/s1. The highest BCUT2D eigenvalue weighted by Crippen LogP contribution is 2.16. The summed E-state index contributed by atoms with van der Waals surface area (Å²) < 4.78 is 0. The van der Waals surface area contributed by atoms with Crippen molar-refractivity contribution in [3.05, 3.63) is 29.0 Å². The number of hydrogen-bond donors (Lipinski definition) is 2. The van der Waals surface area contributed by atoms with Gasteiger partial charge in [-0.05, 0) is 24.6 Å². The number of aromatic nitrogens is 1. The molecule has 0 aliphatic carbocycles. The molecule has 2 atom stereocenters. The van der Waals surface area contributed by atoms with Gasteiger partial charge in [-0.25, -0.2) is 4.98 Å². The van der Waals surface area contributed by atoms with Crippen molar-refractivity contribution in [3.8, 4) is 0 Å². The van der Waals surface area contributed by atoms with Crippen LogP contribution in [0.3, 0.4) is 0 Å². The lowest BCUT2D eigenvalue weighted by atomic mass is 10.1. The molecule has 66 valence electrons. The summed E-state index contributed by atoms with van der Waals surface area (Å²) in [6.45, 7) is 1.64. The number of halogens is 1. The van der Waals surface area contributed by atoms with Gasteiger partial charge in [0, 0.05) is 6.20 Å². The average molecular weight is 187 g/mol. The molecule has 0 aliphatic rings. The van der Waals surface area contributed by atoms with Crippen molar-refractivity contribution < 1.29 is 5.11 Å². The van der Waals surface area contributed by atoms with Crippen LogP contribution < -0.4 is 5.73 Å². The van der Waals surface area contributed by atoms with Gasteiger partial charge >= 0.3 is 0 Å². The Morgan fingerprint density at radius 2 is 2.33 bits per heavy atom. The van der Waals surface area contributed by atoms with Crippen molar-refractivity contribution >= 4 is 11.6 Å². The molecular formula is C8H11ClN2O. The van der Waals surface area contributed by atoms with Gasteiger partial charge in [-0.15, -0.1) is 0 Å². The maximum absolute atomic E-state index is 9.18. The maximum Gasteiger partial charge on any atom is 0.129 e. The molecule has 12 heavy (non-hydrogen) atoms. The van der Waals surface area contributed by atoms with Crippen molar-refractivity contribution in [1.82, 2.24) is 4.98 Å². The molecule has 0 fully saturated rings. The summed E-state index contributed by atoms with van der Waals surface area (Å²) in [6.07, 6.45) is 0.989. The van der Waals surface area contributed by atoms with Gasteiger partial charge in [-0.2, -0.15) is 0 Å². The molecule has 3 N–H and O–H groups in total. The van der Waals surface area contributed by atoms with Crippen LogP contribution in [0, 0.1) is 0 Å². The van der Waals surface area contributed by atoms with E-state index in [1.54, 1.807) is 25.3 Å². The van der Waals surface area contributed by atoms with E-state index in [0.717, 1.165) is 5.56 Å². The molecule has 0 aliphatic heterocycles. The third-order valence-corrected chi connectivity index (χ3v) is 1.86. The molecule has 0 saturated heterocycles. The molecule has 4 heteroatoms. The second kappa shape index (κ2) is 3.85. The number of nitrogens with zero attached hydrogens (tertiary/aromatic N) is 1. The number of aliphatic hydroxyl groups excluding tert-OH is 1. The van der Waals surface area contributed by atoms with Crippen LogP contribution in [0.5, 0.6) is 0 Å². The number of pyridine rings is 1. The first-order valence-corrected chi connectivity index (χ1v) is 4.04. The van der Waals surface area contributed by atoms with Gasteiger partial charge in [-0.3, -0.25) is 0 Å². The van der Waals surface area contributed by atoms with Crippen molar-refractivity contribution in [2.45, 2.75) is 19.1 Å². The predicted octanol–water partition coefficient (Wildman–Crippen LogP) is 1.12. The molecular weight excluding hydrogens is 176 g/mol. The molecule has 0 radical (unpaired) electrons. The molecule has 0 amide bonds. The fraction of sp³-hybridized carbons (Fsp3) is 0.375. The first kappa shape index (κ1) is 9.45. The van der Waals surface area contributed by atoms with Crippen LogP contribution >= 0.6 is 11.6 Å². The SMILES string of the molecule is C[C@@H](O)[C@@H](N)c1ccnc(Cl)c1. The summed E-state index contributed by atoms with van der Waals surface area (Å²) in [5.74, 6) is 0. The third kappa shape index (κ3) is 2.17. The highest BCUT2D eigenvalue weighted by molar-refractivity contribution is 6.29. The fourth-order valence-electron chi connectivity index (χ4n) is 0.903. The Balaban J connectivity index is 2.88. The molecule has 0 bridgehead atoms. The molecule has 0 aromatic carbocycles. The lowest BCUT2D eigenvalue weighted by Crippen LogP contribution is -2.23. The average Bonchev–Trinajstić information content (AvgIpc) is 2.03. The van der Waals surface area contributed by atoms with Crippen LogP contribution in [0.15, 0.2) is 18.3 Å². The quantitative estimate of drug-likeness (QED) is 0.681. The number of rotatable bonds is 2. The summed E-state index contributed by atoms with van der Waals surface area (Å²) in [5.41, 5.74) is 6.47. The minimum absolute atomic E-state index is 0.392. The highest BCUT2D eigenvalue weighted by Gasteiger charge is 2.11. The Hall–Kier alpha value is -0.640. The summed E-state index contributed by atoms with van der Waals surface area (Å²) in [4.78, 5) is 3.81. The van der Waals surface area contributed by atoms with Crippen LogP contribution in [-0.4, -0.2) is 16.2 Å². The minimum atomic E-state index is -0.580.